The van der Waals surface area contributed by atoms with Crippen molar-refractivity contribution in [1.82, 2.24) is 14.8 Å². The maximum atomic E-state index is 13.5. The van der Waals surface area contributed by atoms with Crippen LogP contribution in [0.5, 0.6) is 5.88 Å². The van der Waals surface area contributed by atoms with Crippen LogP contribution in [0.3, 0.4) is 0 Å². The number of carbonyl (C=O) groups excluding carboxylic acids is 1. The smallest absolute Gasteiger partial charge is 0.259 e. The van der Waals surface area contributed by atoms with Crippen LogP contribution in [0.25, 0.3) is 0 Å². The number of aliphatic hydroxyl groups is 2. The third kappa shape index (κ3) is 5.87. The lowest BCUT2D eigenvalue weighted by Crippen LogP contribution is -2.50. The molecular weight excluding hydrogens is 418 g/mol. The summed E-state index contributed by atoms with van der Waals surface area (Å²) >= 11 is 0. The first-order chi connectivity index (χ1) is 15.8. The van der Waals surface area contributed by atoms with Gasteiger partial charge in [0.25, 0.3) is 5.91 Å². The maximum absolute atomic E-state index is 13.5. The van der Waals surface area contributed by atoms with Gasteiger partial charge in [-0.15, -0.1) is 0 Å². The zero-order chi connectivity index (χ0) is 23.6. The fourth-order valence-corrected chi connectivity index (χ4v) is 4.78. The first-order valence-electron chi connectivity index (χ1n) is 12.3. The Bertz CT molecular complexity index is 914. The van der Waals surface area contributed by atoms with E-state index in [4.69, 9.17) is 4.74 Å². The Balaban J connectivity index is 1.63. The van der Waals surface area contributed by atoms with Gasteiger partial charge in [0, 0.05) is 37.3 Å². The molecule has 2 N–H and O–H groups in total. The second-order valence-electron chi connectivity index (χ2n) is 10.4. The zero-order valence-corrected chi connectivity index (χ0v) is 20.1. The summed E-state index contributed by atoms with van der Waals surface area (Å²) in [5.41, 5.74) is -0.00423. The van der Waals surface area contributed by atoms with Crippen LogP contribution < -0.4 is 4.74 Å². The van der Waals surface area contributed by atoms with E-state index >= 15 is 0 Å². The molecule has 0 saturated heterocycles. The average Bonchev–Trinajstić information content (AvgIpc) is 3.50. The van der Waals surface area contributed by atoms with Gasteiger partial charge in [-0.25, -0.2) is 4.98 Å². The Labute approximate surface area is 197 Å². The quantitative estimate of drug-likeness (QED) is 0.641. The first-order valence-corrected chi connectivity index (χ1v) is 12.3. The summed E-state index contributed by atoms with van der Waals surface area (Å²) < 4.78 is 6.35. The van der Waals surface area contributed by atoms with Gasteiger partial charge < -0.3 is 24.7 Å². The standard InChI is InChI=1S/C26H37N3O4/c1-18-14-29(19(2)17-30)25(31)22-12-21(8-11-26(32)9-4-5-10-26)13-27-24(22)33-23(18)16-28(3)15-20-6-7-20/h12-13,18-20,23,30,32H,4-7,9-10,14-17H2,1-3H3/t18-,19-,23-/m1/s1. The summed E-state index contributed by atoms with van der Waals surface area (Å²) in [6, 6.07) is 1.40. The molecule has 1 aliphatic heterocycles. The molecule has 0 unspecified atom stereocenters. The van der Waals surface area contributed by atoms with Gasteiger partial charge in [-0.3, -0.25) is 4.79 Å². The molecule has 0 spiro atoms. The fraction of sp³-hybridized carbons (Fsp3) is 0.692. The van der Waals surface area contributed by atoms with Gasteiger partial charge in [0.15, 0.2) is 0 Å². The molecule has 33 heavy (non-hydrogen) atoms. The number of hydrogen-bond donors (Lipinski definition) is 2. The molecule has 3 atom stereocenters. The molecule has 7 nitrogen and oxygen atoms in total. The van der Waals surface area contributed by atoms with Gasteiger partial charge in [0.05, 0.1) is 12.6 Å². The highest BCUT2D eigenvalue weighted by atomic mass is 16.5. The highest BCUT2D eigenvalue weighted by Gasteiger charge is 2.35. The molecule has 0 bridgehead atoms. The third-order valence-electron chi connectivity index (χ3n) is 7.15. The van der Waals surface area contributed by atoms with Crippen LogP contribution in [0.2, 0.25) is 0 Å². The van der Waals surface area contributed by atoms with Gasteiger partial charge in [-0.1, -0.05) is 18.8 Å². The Morgan fingerprint density at radius 1 is 1.33 bits per heavy atom. The second kappa shape index (κ2) is 10.0. The van der Waals surface area contributed by atoms with Gasteiger partial charge in [-0.05, 0) is 64.5 Å². The number of ether oxygens (including phenoxy) is 1. The molecule has 4 rings (SSSR count). The number of hydrogen-bond acceptors (Lipinski definition) is 6. The maximum Gasteiger partial charge on any atom is 0.259 e. The van der Waals surface area contributed by atoms with Crippen molar-refractivity contribution in [2.24, 2.45) is 11.8 Å². The van der Waals surface area contributed by atoms with Crippen LogP contribution >= 0.6 is 0 Å². The highest BCUT2D eigenvalue weighted by molar-refractivity contribution is 5.97. The van der Waals surface area contributed by atoms with Crippen molar-refractivity contribution in [3.63, 3.8) is 0 Å². The van der Waals surface area contributed by atoms with Crippen molar-refractivity contribution in [2.45, 2.75) is 70.1 Å². The molecule has 1 aromatic rings. The SMILES string of the molecule is C[C@@H]1CN([C@H](C)CO)C(=O)c2cc(C#CC3(O)CCCC3)cnc2O[C@@H]1CN(C)CC1CC1. The molecule has 1 amide bonds. The monoisotopic (exact) mass is 455 g/mol. The summed E-state index contributed by atoms with van der Waals surface area (Å²) in [6.45, 7) is 6.14. The van der Waals surface area contributed by atoms with Crippen molar-refractivity contribution in [1.29, 1.82) is 0 Å². The lowest BCUT2D eigenvalue weighted by molar-refractivity contribution is 0.0327. The van der Waals surface area contributed by atoms with Crippen molar-refractivity contribution in [3.8, 4) is 17.7 Å². The van der Waals surface area contributed by atoms with Crippen molar-refractivity contribution in [3.05, 3.63) is 23.4 Å². The second-order valence-corrected chi connectivity index (χ2v) is 10.4. The molecule has 2 heterocycles. The highest BCUT2D eigenvalue weighted by Crippen LogP contribution is 2.31. The molecule has 2 saturated carbocycles. The molecule has 180 valence electrons. The number of pyridine rings is 1. The first kappa shape index (κ1) is 24.0. The Kier molecular flexibility index (Phi) is 7.28. The van der Waals surface area contributed by atoms with Crippen LogP contribution in [0, 0.1) is 23.7 Å². The van der Waals surface area contributed by atoms with Crippen LogP contribution in [-0.2, 0) is 0 Å². The molecule has 1 aromatic heterocycles. The predicted molar refractivity (Wildman–Crippen MR) is 126 cm³/mol. The van der Waals surface area contributed by atoms with E-state index in [2.05, 4.69) is 35.7 Å². The average molecular weight is 456 g/mol. The number of aliphatic hydroxyl groups excluding tert-OH is 1. The number of aromatic nitrogens is 1. The number of likely N-dealkylation sites (N-methyl/N-ethyl adjacent to an activating group) is 1. The molecular formula is C26H37N3O4. The molecule has 0 radical (unpaired) electrons. The van der Waals surface area contributed by atoms with Crippen LogP contribution in [0.15, 0.2) is 12.3 Å². The van der Waals surface area contributed by atoms with E-state index in [0.717, 1.165) is 31.8 Å². The number of fused-ring (bicyclic) bond motifs is 1. The van der Waals surface area contributed by atoms with Crippen molar-refractivity contribution < 1.29 is 19.7 Å². The molecule has 3 aliphatic rings. The van der Waals surface area contributed by atoms with Gasteiger partial charge in [0.1, 0.15) is 17.3 Å². The Hall–Kier alpha value is -2.14. The van der Waals surface area contributed by atoms with Crippen molar-refractivity contribution in [2.75, 3.05) is 33.3 Å². The van der Waals surface area contributed by atoms with Crippen LogP contribution in [-0.4, -0.2) is 81.9 Å². The van der Waals surface area contributed by atoms with E-state index in [1.807, 2.05) is 6.92 Å². The molecule has 7 heteroatoms. The predicted octanol–water partition coefficient (Wildman–Crippen LogP) is 2.30. The van der Waals surface area contributed by atoms with Gasteiger partial charge >= 0.3 is 0 Å². The minimum atomic E-state index is -0.950. The Morgan fingerprint density at radius 3 is 2.73 bits per heavy atom. The van der Waals surface area contributed by atoms with Crippen LogP contribution in [0.4, 0.5) is 0 Å². The summed E-state index contributed by atoms with van der Waals surface area (Å²) in [5, 5.41) is 20.4. The third-order valence-corrected chi connectivity index (χ3v) is 7.15. The fourth-order valence-electron chi connectivity index (χ4n) is 4.78. The molecule has 2 aliphatic carbocycles. The van der Waals surface area contributed by atoms with E-state index in [9.17, 15) is 15.0 Å². The Morgan fingerprint density at radius 2 is 2.06 bits per heavy atom. The van der Waals surface area contributed by atoms with E-state index in [1.54, 1.807) is 17.2 Å². The largest absolute Gasteiger partial charge is 0.472 e. The van der Waals surface area contributed by atoms with Crippen molar-refractivity contribution >= 4 is 5.91 Å². The number of amides is 1. The summed E-state index contributed by atoms with van der Waals surface area (Å²) in [5.74, 6) is 6.99. The summed E-state index contributed by atoms with van der Waals surface area (Å²) in [4.78, 5) is 22.0. The van der Waals surface area contributed by atoms with E-state index in [0.29, 0.717) is 36.4 Å². The number of carbonyl (C=O) groups is 1. The topological polar surface area (TPSA) is 86.1 Å². The number of rotatable bonds is 6. The van der Waals surface area contributed by atoms with E-state index in [-0.39, 0.29) is 30.6 Å². The normalized spacial score (nSPS) is 25.5. The van der Waals surface area contributed by atoms with E-state index < -0.39 is 5.60 Å². The van der Waals surface area contributed by atoms with Gasteiger partial charge in [0.2, 0.25) is 5.88 Å². The minimum Gasteiger partial charge on any atom is -0.472 e. The van der Waals surface area contributed by atoms with Gasteiger partial charge in [-0.2, -0.15) is 0 Å². The number of nitrogens with zero attached hydrogens (tertiary/aromatic N) is 3. The summed E-state index contributed by atoms with van der Waals surface area (Å²) in [6.07, 6.45) is 7.39. The molecule has 0 aromatic carbocycles. The zero-order valence-electron chi connectivity index (χ0n) is 20.1. The van der Waals surface area contributed by atoms with Crippen LogP contribution in [0.1, 0.15) is 68.3 Å². The summed E-state index contributed by atoms with van der Waals surface area (Å²) in [7, 11) is 2.12. The lowest BCUT2D eigenvalue weighted by Gasteiger charge is -2.37. The lowest BCUT2D eigenvalue weighted by atomic mass is 9.99. The molecule has 2 fully saturated rings. The minimum absolute atomic E-state index is 0.0793. The van der Waals surface area contributed by atoms with E-state index in [1.165, 1.54) is 12.8 Å².